The highest BCUT2D eigenvalue weighted by Crippen LogP contribution is 2.36. The van der Waals surface area contributed by atoms with Gasteiger partial charge in [-0.1, -0.05) is 23.7 Å². The maximum Gasteiger partial charge on any atom is 0.265 e. The van der Waals surface area contributed by atoms with Gasteiger partial charge in [-0.25, -0.2) is 8.42 Å². The third-order valence-corrected chi connectivity index (χ3v) is 7.90. The van der Waals surface area contributed by atoms with E-state index in [2.05, 4.69) is 5.32 Å². The lowest BCUT2D eigenvalue weighted by Gasteiger charge is -2.29. The molecule has 0 atom stereocenters. The van der Waals surface area contributed by atoms with Crippen LogP contribution in [0.3, 0.4) is 0 Å². The van der Waals surface area contributed by atoms with E-state index in [0.29, 0.717) is 36.8 Å². The number of nitrogens with one attached hydrogen (secondary N) is 1. The van der Waals surface area contributed by atoms with E-state index in [1.54, 1.807) is 19.2 Å². The number of carbonyl (C=O) groups excluding carboxylic acids is 1. The monoisotopic (exact) mass is 552 g/mol. The van der Waals surface area contributed by atoms with Gasteiger partial charge in [0.2, 0.25) is 5.91 Å². The van der Waals surface area contributed by atoms with Crippen molar-refractivity contribution in [3.8, 4) is 11.5 Å². The van der Waals surface area contributed by atoms with Gasteiger partial charge in [-0.2, -0.15) is 0 Å². The number of aromatic nitrogens is 1. The van der Waals surface area contributed by atoms with Crippen LogP contribution in [0.2, 0.25) is 5.02 Å². The van der Waals surface area contributed by atoms with Crippen molar-refractivity contribution in [1.82, 2.24) is 9.88 Å². The largest absolute Gasteiger partial charge is 0.497 e. The molecule has 11 heteroatoms. The van der Waals surface area contributed by atoms with Gasteiger partial charge in [0.05, 0.1) is 30.2 Å². The van der Waals surface area contributed by atoms with Crippen molar-refractivity contribution in [2.75, 3.05) is 7.11 Å². The molecule has 0 unspecified atom stereocenters. The molecule has 1 N–H and O–H groups in total. The Balaban J connectivity index is 1.67. The van der Waals surface area contributed by atoms with Crippen molar-refractivity contribution in [3.63, 3.8) is 0 Å². The highest BCUT2D eigenvalue weighted by atomic mass is 35.7. The van der Waals surface area contributed by atoms with Crippen molar-refractivity contribution < 1.29 is 22.7 Å². The summed E-state index contributed by atoms with van der Waals surface area (Å²) in [7, 11) is 3.09. The number of nitrogens with zero attached hydrogens (tertiary/aromatic N) is 1. The number of methoxy groups -OCH3 is 1. The zero-order valence-electron chi connectivity index (χ0n) is 19.8. The first kappa shape index (κ1) is 26.3. The molecule has 0 aliphatic heterocycles. The van der Waals surface area contributed by atoms with Crippen LogP contribution in [-0.2, 0) is 20.4 Å². The summed E-state index contributed by atoms with van der Waals surface area (Å²) in [6.07, 6.45) is 3.92. The zero-order chi connectivity index (χ0) is 26.0. The van der Waals surface area contributed by atoms with E-state index in [9.17, 15) is 18.0 Å². The fourth-order valence-electron chi connectivity index (χ4n) is 4.47. The number of amides is 1. The van der Waals surface area contributed by atoms with Crippen molar-refractivity contribution >= 4 is 48.0 Å². The van der Waals surface area contributed by atoms with Gasteiger partial charge in [-0.3, -0.25) is 9.59 Å². The highest BCUT2D eigenvalue weighted by molar-refractivity contribution is 8.13. The Morgan fingerprint density at radius 3 is 2.36 bits per heavy atom. The molecular weight excluding hydrogens is 527 g/mol. The van der Waals surface area contributed by atoms with Gasteiger partial charge in [-0.15, -0.1) is 0 Å². The van der Waals surface area contributed by atoms with Crippen molar-refractivity contribution in [2.24, 2.45) is 0 Å². The number of fused-ring (bicyclic) bond motifs is 1. The lowest BCUT2D eigenvalue weighted by molar-refractivity contribution is -0.120. The predicted octanol–water partition coefficient (Wildman–Crippen LogP) is 4.47. The minimum Gasteiger partial charge on any atom is -0.497 e. The van der Waals surface area contributed by atoms with Gasteiger partial charge in [0, 0.05) is 35.2 Å². The Hall–Kier alpha value is -2.75. The molecule has 1 fully saturated rings. The fourth-order valence-corrected chi connectivity index (χ4v) is 5.72. The number of ether oxygens (including phenoxy) is 2. The maximum atomic E-state index is 13.3. The van der Waals surface area contributed by atoms with E-state index >= 15 is 0 Å². The molecule has 1 amide bonds. The molecule has 0 radical (unpaired) electrons. The number of hydrogen-bond acceptors (Lipinski definition) is 6. The molecule has 1 heterocycles. The van der Waals surface area contributed by atoms with Gasteiger partial charge in [-0.05, 0) is 55.5 Å². The molecule has 1 aliphatic carbocycles. The van der Waals surface area contributed by atoms with Crippen LogP contribution in [0.25, 0.3) is 10.8 Å². The average Bonchev–Trinajstić information content (AvgIpc) is 2.83. The molecule has 1 aliphatic rings. The van der Waals surface area contributed by atoms with Crippen LogP contribution in [0, 0.1) is 0 Å². The molecular formula is C25H26Cl2N2O6S. The van der Waals surface area contributed by atoms with E-state index in [1.807, 2.05) is 12.1 Å². The van der Waals surface area contributed by atoms with Crippen LogP contribution in [0.5, 0.6) is 11.5 Å². The van der Waals surface area contributed by atoms with E-state index < -0.39 is 14.6 Å². The lowest BCUT2D eigenvalue weighted by Crippen LogP contribution is -2.38. The van der Waals surface area contributed by atoms with Crippen LogP contribution in [0.1, 0.15) is 38.2 Å². The lowest BCUT2D eigenvalue weighted by atomic mass is 9.93. The summed E-state index contributed by atoms with van der Waals surface area (Å²) < 4.78 is 37.5. The average molecular weight is 553 g/mol. The predicted molar refractivity (Wildman–Crippen MR) is 139 cm³/mol. The van der Waals surface area contributed by atoms with E-state index in [4.69, 9.17) is 31.8 Å². The molecule has 3 aromatic rings. The SMILES string of the molecule is COc1ccc(Cn2cc(Cl)c3cc(OC4CCC(NC(C)=O)CC4)c(S(=O)(=O)Cl)cc3c2=O)cc1. The van der Waals surface area contributed by atoms with Crippen LogP contribution in [0.15, 0.2) is 52.3 Å². The molecule has 8 nitrogen and oxygen atoms in total. The van der Waals surface area contributed by atoms with Crippen LogP contribution < -0.4 is 20.3 Å². The third-order valence-electron chi connectivity index (χ3n) is 6.25. The topological polar surface area (TPSA) is 104 Å². The summed E-state index contributed by atoms with van der Waals surface area (Å²) in [4.78, 5) is 24.3. The fraction of sp³-hybridized carbons (Fsp3) is 0.360. The van der Waals surface area contributed by atoms with E-state index in [-0.39, 0.29) is 45.7 Å². The summed E-state index contributed by atoms with van der Waals surface area (Å²) in [5, 5.41) is 3.67. The van der Waals surface area contributed by atoms with Gasteiger partial charge in [0.25, 0.3) is 14.6 Å². The third kappa shape index (κ3) is 5.96. The smallest absolute Gasteiger partial charge is 0.265 e. The molecule has 0 saturated heterocycles. The summed E-state index contributed by atoms with van der Waals surface area (Å²) >= 11 is 6.54. The number of rotatable bonds is 7. The first-order chi connectivity index (χ1) is 17.0. The van der Waals surface area contributed by atoms with Gasteiger partial charge in [0.15, 0.2) is 0 Å². The standard InChI is InChI=1S/C25H26Cl2N2O6S/c1-15(30)28-17-5-9-19(10-6-17)35-23-11-20-21(12-24(23)36(27,32)33)25(31)29(14-22(20)26)13-16-3-7-18(34-2)8-4-16/h3-4,7-8,11-12,14,17,19H,5-6,9-10,13H2,1-2H3,(H,28,30). The second-order valence-corrected chi connectivity index (χ2v) is 11.8. The molecule has 0 spiro atoms. The molecule has 4 rings (SSSR count). The van der Waals surface area contributed by atoms with Gasteiger partial charge < -0.3 is 19.4 Å². The Morgan fingerprint density at radius 2 is 1.78 bits per heavy atom. The first-order valence-corrected chi connectivity index (χ1v) is 14.1. The Bertz CT molecular complexity index is 1450. The van der Waals surface area contributed by atoms with Crippen LogP contribution in [-0.4, -0.2) is 38.1 Å². The number of pyridine rings is 1. The van der Waals surface area contributed by atoms with Crippen LogP contribution in [0.4, 0.5) is 0 Å². The minimum absolute atomic E-state index is 0.0506. The Morgan fingerprint density at radius 1 is 1.11 bits per heavy atom. The number of halogens is 2. The van der Waals surface area contributed by atoms with Crippen molar-refractivity contribution in [3.05, 3.63) is 63.5 Å². The summed E-state index contributed by atoms with van der Waals surface area (Å²) in [6.45, 7) is 1.71. The second-order valence-electron chi connectivity index (χ2n) is 8.83. The Labute approximate surface area is 218 Å². The molecule has 0 bridgehead atoms. The maximum absolute atomic E-state index is 13.3. The second kappa shape index (κ2) is 10.7. The summed E-state index contributed by atoms with van der Waals surface area (Å²) in [6, 6.07) is 9.99. The van der Waals surface area contributed by atoms with Gasteiger partial charge >= 0.3 is 0 Å². The van der Waals surface area contributed by atoms with Crippen LogP contribution >= 0.6 is 22.3 Å². The quantitative estimate of drug-likeness (QED) is 0.434. The van der Waals surface area contributed by atoms with E-state index in [0.717, 1.165) is 5.56 Å². The number of benzene rings is 2. The number of hydrogen-bond donors (Lipinski definition) is 1. The summed E-state index contributed by atoms with van der Waals surface area (Å²) in [5.74, 6) is 0.655. The van der Waals surface area contributed by atoms with E-state index in [1.165, 1.54) is 29.8 Å². The molecule has 1 aromatic heterocycles. The first-order valence-electron chi connectivity index (χ1n) is 11.4. The normalized spacial score (nSPS) is 18.1. The molecule has 36 heavy (non-hydrogen) atoms. The van der Waals surface area contributed by atoms with Gasteiger partial charge in [0.1, 0.15) is 16.4 Å². The number of carbonyl (C=O) groups is 1. The van der Waals surface area contributed by atoms with Crippen molar-refractivity contribution in [1.29, 1.82) is 0 Å². The Kier molecular flexibility index (Phi) is 7.82. The molecule has 192 valence electrons. The molecule has 1 saturated carbocycles. The minimum atomic E-state index is -4.23. The zero-order valence-corrected chi connectivity index (χ0v) is 22.1. The highest BCUT2D eigenvalue weighted by Gasteiger charge is 2.27. The van der Waals surface area contributed by atoms with Crippen molar-refractivity contribution in [2.45, 2.75) is 56.2 Å². The summed E-state index contributed by atoms with van der Waals surface area (Å²) in [5.41, 5.74) is 0.433. The molecule has 2 aromatic carbocycles.